The van der Waals surface area contributed by atoms with Crippen LogP contribution in [0.2, 0.25) is 3.43 Å². The molecule has 0 N–H and O–H groups in total. The second kappa shape index (κ2) is 7.50. The van der Waals surface area contributed by atoms with Gasteiger partial charge in [-0.3, -0.25) is 0 Å². The summed E-state index contributed by atoms with van der Waals surface area (Å²) in [4.78, 5) is 18.2. The predicted octanol–water partition coefficient (Wildman–Crippen LogP) is 3.02. The molecule has 1 fully saturated rings. The molecule has 5 nitrogen and oxygen atoms in total. The van der Waals surface area contributed by atoms with Gasteiger partial charge in [0.1, 0.15) is 0 Å². The van der Waals surface area contributed by atoms with Gasteiger partial charge >= 0.3 is 155 Å². The Morgan fingerprint density at radius 3 is 2.54 bits per heavy atom. The molecule has 0 spiro atoms. The van der Waals surface area contributed by atoms with Crippen LogP contribution in [-0.2, 0) is 4.74 Å². The maximum atomic E-state index is 12.1. The predicted molar refractivity (Wildman–Crippen MR) is 96.2 cm³/mol. The molecule has 2 heterocycles. The van der Waals surface area contributed by atoms with E-state index in [0.717, 1.165) is 18.7 Å². The molecule has 1 aromatic heterocycles. The number of hydrogen-bond donors (Lipinski definition) is 0. The molecule has 0 unspecified atom stereocenters. The number of rotatable bonds is 4. The number of carbonyl (C=O) groups excluding carboxylic acids is 1. The van der Waals surface area contributed by atoms with Gasteiger partial charge in [0.2, 0.25) is 0 Å². The van der Waals surface area contributed by atoms with Crippen molar-refractivity contribution in [3.05, 3.63) is 18.5 Å². The van der Waals surface area contributed by atoms with Gasteiger partial charge in [-0.15, -0.1) is 0 Å². The molecule has 1 saturated heterocycles. The molecule has 132 valence electrons. The van der Waals surface area contributed by atoms with Crippen molar-refractivity contribution in [2.45, 2.75) is 63.0 Å². The monoisotopic (exact) mass is 440 g/mol. The van der Waals surface area contributed by atoms with Crippen LogP contribution in [0.1, 0.15) is 48.0 Å². The zero-order chi connectivity index (χ0) is 18.0. The van der Waals surface area contributed by atoms with Gasteiger partial charge in [-0.2, -0.15) is 0 Å². The fourth-order valence-corrected chi connectivity index (χ4v) is 5.85. The van der Waals surface area contributed by atoms with E-state index in [1.807, 2.05) is 27.0 Å². The summed E-state index contributed by atoms with van der Waals surface area (Å²) >= 11 is -0.692. The first-order valence-electron chi connectivity index (χ1n) is 8.39. The standard InChI is InChI=1S/C14H19N2O3.C4H9.Sn/c1-14(2,3)19-13(17)16-8-6-11(16)10-18-12-5-4-7-15-9-12;1-4(2)3;/h5,7,9,11H,6,8,10H2,1-3H3;1-3H3;/t11-;;/m0../s1. The summed E-state index contributed by atoms with van der Waals surface area (Å²) in [5.74, 6) is 0.800. The van der Waals surface area contributed by atoms with Crippen LogP contribution < -0.4 is 8.32 Å². The molecule has 2 rings (SSSR count). The SMILES string of the molecule is CC(C)(C)OC(=O)N1CC[C@H]1COc1cnc[c]([Sn][C](C)(C)C)c1. The molecule has 1 aliphatic heterocycles. The quantitative estimate of drug-likeness (QED) is 0.678. The Bertz CT molecular complexity index is 578. The number of pyridine rings is 1. The number of amides is 1. The van der Waals surface area contributed by atoms with Crippen LogP contribution in [0, 0.1) is 0 Å². The molecule has 0 aliphatic carbocycles. The van der Waals surface area contributed by atoms with Crippen LogP contribution in [0.25, 0.3) is 0 Å². The summed E-state index contributed by atoms with van der Waals surface area (Å²) in [6, 6.07) is 2.20. The van der Waals surface area contributed by atoms with Crippen molar-refractivity contribution in [3.63, 3.8) is 0 Å². The number of likely N-dealkylation sites (tertiary alicyclic amines) is 1. The fraction of sp³-hybridized carbons (Fsp3) is 0.667. The molecule has 1 aromatic rings. The van der Waals surface area contributed by atoms with E-state index in [9.17, 15) is 4.79 Å². The van der Waals surface area contributed by atoms with Crippen molar-refractivity contribution in [3.8, 4) is 5.75 Å². The van der Waals surface area contributed by atoms with Crippen molar-refractivity contribution in [1.29, 1.82) is 0 Å². The van der Waals surface area contributed by atoms with Crippen LogP contribution in [0.15, 0.2) is 18.5 Å². The average Bonchev–Trinajstić information content (AvgIpc) is 2.33. The molecular weight excluding hydrogens is 411 g/mol. The fourth-order valence-electron chi connectivity index (χ4n) is 2.37. The molecule has 1 atom stereocenters. The number of carbonyl (C=O) groups is 1. The van der Waals surface area contributed by atoms with Crippen LogP contribution in [0.5, 0.6) is 5.75 Å². The van der Waals surface area contributed by atoms with Crippen molar-refractivity contribution in [2.24, 2.45) is 0 Å². The summed E-state index contributed by atoms with van der Waals surface area (Å²) in [5, 5.41) is 0. The molecule has 0 bridgehead atoms. The van der Waals surface area contributed by atoms with Crippen LogP contribution in [0.4, 0.5) is 4.79 Å². The van der Waals surface area contributed by atoms with E-state index in [1.54, 1.807) is 11.1 Å². The Morgan fingerprint density at radius 1 is 1.29 bits per heavy atom. The van der Waals surface area contributed by atoms with E-state index in [4.69, 9.17) is 9.47 Å². The first kappa shape index (κ1) is 19.3. The second-order valence-electron chi connectivity index (χ2n) is 8.21. The molecular formula is C18H28N2O3Sn. The molecule has 24 heavy (non-hydrogen) atoms. The van der Waals surface area contributed by atoms with Crippen LogP contribution >= 0.6 is 0 Å². The second-order valence-corrected chi connectivity index (χ2v) is 14.9. The van der Waals surface area contributed by atoms with Gasteiger partial charge in [-0.05, 0) is 0 Å². The first-order valence-corrected chi connectivity index (χ1v) is 11.2. The summed E-state index contributed by atoms with van der Waals surface area (Å²) in [5.41, 5.74) is -0.463. The third kappa shape index (κ3) is 6.15. The number of hydrogen-bond acceptors (Lipinski definition) is 4. The maximum absolute atomic E-state index is 12.1. The molecule has 2 radical (unpaired) electrons. The summed E-state index contributed by atoms with van der Waals surface area (Å²) in [7, 11) is 0. The zero-order valence-electron chi connectivity index (χ0n) is 15.5. The molecule has 1 amide bonds. The topological polar surface area (TPSA) is 51.7 Å². The van der Waals surface area contributed by atoms with E-state index in [-0.39, 0.29) is 12.1 Å². The van der Waals surface area contributed by atoms with Crippen molar-refractivity contribution in [2.75, 3.05) is 13.2 Å². The molecule has 0 aromatic carbocycles. The van der Waals surface area contributed by atoms with Gasteiger partial charge in [0.15, 0.2) is 0 Å². The summed E-state index contributed by atoms with van der Waals surface area (Å²) in [6.45, 7) is 13.7. The van der Waals surface area contributed by atoms with E-state index < -0.39 is 26.7 Å². The average molecular weight is 439 g/mol. The number of nitrogens with zero attached hydrogens (tertiary/aromatic N) is 2. The van der Waals surface area contributed by atoms with Crippen molar-refractivity contribution in [1.82, 2.24) is 9.88 Å². The van der Waals surface area contributed by atoms with Gasteiger partial charge in [0.05, 0.1) is 0 Å². The minimum absolute atomic E-state index is 0.0890. The number of ether oxygens (including phenoxy) is 2. The Morgan fingerprint density at radius 2 is 2.00 bits per heavy atom. The Labute approximate surface area is 155 Å². The summed E-state index contributed by atoms with van der Waals surface area (Å²) in [6.07, 6.45) is 4.41. The van der Waals surface area contributed by atoms with Crippen molar-refractivity contribution < 1.29 is 14.3 Å². The minimum atomic E-state index is -0.692. The number of aromatic nitrogens is 1. The molecule has 6 heteroatoms. The van der Waals surface area contributed by atoms with E-state index in [2.05, 4.69) is 31.8 Å². The van der Waals surface area contributed by atoms with E-state index >= 15 is 0 Å². The summed E-state index contributed by atoms with van der Waals surface area (Å²) < 4.78 is 13.0. The van der Waals surface area contributed by atoms with Gasteiger partial charge in [0, 0.05) is 0 Å². The molecule has 0 saturated carbocycles. The van der Waals surface area contributed by atoms with Gasteiger partial charge in [-0.1, -0.05) is 0 Å². The van der Waals surface area contributed by atoms with Crippen LogP contribution in [-0.4, -0.2) is 61.9 Å². The Kier molecular flexibility index (Phi) is 6.04. The van der Waals surface area contributed by atoms with E-state index in [1.165, 1.54) is 3.58 Å². The zero-order valence-corrected chi connectivity index (χ0v) is 18.4. The van der Waals surface area contributed by atoms with E-state index in [0.29, 0.717) is 10.0 Å². The van der Waals surface area contributed by atoms with Crippen molar-refractivity contribution >= 4 is 30.8 Å². The van der Waals surface area contributed by atoms with Gasteiger partial charge in [-0.25, -0.2) is 0 Å². The third-order valence-electron chi connectivity index (χ3n) is 3.45. The van der Waals surface area contributed by atoms with Gasteiger partial charge < -0.3 is 0 Å². The molecule has 1 aliphatic rings. The van der Waals surface area contributed by atoms with Crippen LogP contribution in [0.3, 0.4) is 0 Å². The first-order chi connectivity index (χ1) is 11.0. The third-order valence-corrected chi connectivity index (χ3v) is 7.19. The van der Waals surface area contributed by atoms with Gasteiger partial charge in [0.25, 0.3) is 0 Å². The normalized spacial score (nSPS) is 18.1. The Hall–Kier alpha value is -0.981. The Balaban J connectivity index is 1.87.